The first kappa shape index (κ1) is 11.6. The molecule has 1 aromatic carbocycles. The number of rotatable bonds is 3. The zero-order valence-corrected chi connectivity index (χ0v) is 10.9. The molecule has 0 aliphatic heterocycles. The minimum atomic E-state index is 0.449. The van der Waals surface area contributed by atoms with Crippen LogP contribution < -0.4 is 5.32 Å². The molecule has 96 valence electrons. The van der Waals surface area contributed by atoms with E-state index < -0.39 is 0 Å². The summed E-state index contributed by atoms with van der Waals surface area (Å²) in [6.45, 7) is 4.35. The summed E-state index contributed by atoms with van der Waals surface area (Å²) in [5.41, 5.74) is 3.07. The molecule has 0 saturated heterocycles. The minimum absolute atomic E-state index is 0.449. The second-order valence-corrected chi connectivity index (χ2v) is 4.72. The van der Waals surface area contributed by atoms with Crippen LogP contribution >= 0.6 is 0 Å². The highest BCUT2D eigenvalue weighted by molar-refractivity contribution is 5.88. The summed E-state index contributed by atoms with van der Waals surface area (Å²) in [5.74, 6) is 1.22. The van der Waals surface area contributed by atoms with Crippen molar-refractivity contribution < 1.29 is 0 Å². The third-order valence-electron chi connectivity index (χ3n) is 3.08. The lowest BCUT2D eigenvalue weighted by atomic mass is 10.0. The molecule has 2 N–H and O–H groups in total. The Kier molecular flexibility index (Phi) is 2.87. The van der Waals surface area contributed by atoms with Gasteiger partial charge in [0, 0.05) is 5.69 Å². The van der Waals surface area contributed by atoms with Gasteiger partial charge >= 0.3 is 0 Å². The molecule has 0 aliphatic carbocycles. The summed E-state index contributed by atoms with van der Waals surface area (Å²) < 4.78 is 0. The molecule has 0 saturated carbocycles. The SMILES string of the molecule is CC(C)c1ccccc1Nc1ncnc2[nH]ncc12. The molecule has 2 heterocycles. The highest BCUT2D eigenvalue weighted by Gasteiger charge is 2.09. The maximum atomic E-state index is 4.29. The molecule has 0 spiro atoms. The van der Waals surface area contributed by atoms with E-state index in [4.69, 9.17) is 0 Å². The molecule has 0 aliphatic rings. The topological polar surface area (TPSA) is 66.5 Å². The lowest BCUT2D eigenvalue weighted by molar-refractivity contribution is 0.869. The van der Waals surface area contributed by atoms with Gasteiger partial charge in [0.1, 0.15) is 12.1 Å². The van der Waals surface area contributed by atoms with Gasteiger partial charge in [-0.05, 0) is 17.5 Å². The number of aromatic nitrogens is 4. The molecule has 3 aromatic rings. The number of nitrogens with one attached hydrogen (secondary N) is 2. The van der Waals surface area contributed by atoms with Crippen molar-refractivity contribution in [2.75, 3.05) is 5.32 Å². The second kappa shape index (κ2) is 4.68. The fourth-order valence-electron chi connectivity index (χ4n) is 2.11. The van der Waals surface area contributed by atoms with Gasteiger partial charge in [0.15, 0.2) is 5.65 Å². The van der Waals surface area contributed by atoms with Crippen LogP contribution in [-0.4, -0.2) is 20.2 Å². The van der Waals surface area contributed by atoms with Gasteiger partial charge in [0.2, 0.25) is 0 Å². The molecule has 0 fully saturated rings. The van der Waals surface area contributed by atoms with E-state index in [1.54, 1.807) is 6.20 Å². The molecule has 2 aromatic heterocycles. The van der Waals surface area contributed by atoms with Crippen LogP contribution in [0, 0.1) is 0 Å². The van der Waals surface area contributed by atoms with Gasteiger partial charge in [0.05, 0.1) is 11.6 Å². The Morgan fingerprint density at radius 1 is 1.16 bits per heavy atom. The molecule has 0 bridgehead atoms. The van der Waals surface area contributed by atoms with Crippen molar-refractivity contribution in [1.29, 1.82) is 0 Å². The van der Waals surface area contributed by atoms with Crippen LogP contribution in [0.15, 0.2) is 36.8 Å². The van der Waals surface area contributed by atoms with E-state index in [1.807, 2.05) is 12.1 Å². The van der Waals surface area contributed by atoms with Crippen molar-refractivity contribution in [1.82, 2.24) is 20.2 Å². The number of nitrogens with zero attached hydrogens (tertiary/aromatic N) is 3. The molecule has 5 heteroatoms. The first-order chi connectivity index (χ1) is 9.25. The molecule has 0 atom stereocenters. The van der Waals surface area contributed by atoms with Gasteiger partial charge in [-0.15, -0.1) is 0 Å². The minimum Gasteiger partial charge on any atom is -0.339 e. The molecule has 3 rings (SSSR count). The summed E-state index contributed by atoms with van der Waals surface area (Å²) in [6.07, 6.45) is 3.26. The highest BCUT2D eigenvalue weighted by Crippen LogP contribution is 2.28. The number of fused-ring (bicyclic) bond motifs is 1. The van der Waals surface area contributed by atoms with Crippen LogP contribution in [0.2, 0.25) is 0 Å². The van der Waals surface area contributed by atoms with E-state index in [0.29, 0.717) is 5.92 Å². The molecule has 5 nitrogen and oxygen atoms in total. The Morgan fingerprint density at radius 2 is 2.00 bits per heavy atom. The Morgan fingerprint density at radius 3 is 2.84 bits per heavy atom. The monoisotopic (exact) mass is 253 g/mol. The Labute approximate surface area is 111 Å². The van der Waals surface area contributed by atoms with E-state index in [-0.39, 0.29) is 0 Å². The average Bonchev–Trinajstić information content (AvgIpc) is 2.88. The third-order valence-corrected chi connectivity index (χ3v) is 3.08. The van der Waals surface area contributed by atoms with Crippen LogP contribution in [0.3, 0.4) is 0 Å². The standard InChI is InChI=1S/C14H15N5/c1-9(2)10-5-3-4-6-12(10)18-13-11-7-17-19-14(11)16-8-15-13/h3-9H,1-2H3,(H2,15,16,17,18,19). The number of benzene rings is 1. The van der Waals surface area contributed by atoms with Gasteiger partial charge < -0.3 is 5.32 Å². The van der Waals surface area contributed by atoms with Crippen LogP contribution in [0.5, 0.6) is 0 Å². The van der Waals surface area contributed by atoms with Crippen molar-refractivity contribution >= 4 is 22.5 Å². The van der Waals surface area contributed by atoms with Crippen molar-refractivity contribution in [2.45, 2.75) is 19.8 Å². The fraction of sp³-hybridized carbons (Fsp3) is 0.214. The third kappa shape index (κ3) is 2.14. The van der Waals surface area contributed by atoms with E-state index in [9.17, 15) is 0 Å². The maximum Gasteiger partial charge on any atom is 0.160 e. The van der Waals surface area contributed by atoms with Crippen molar-refractivity contribution in [3.63, 3.8) is 0 Å². The summed E-state index contributed by atoms with van der Waals surface area (Å²) in [4.78, 5) is 8.42. The van der Waals surface area contributed by atoms with Crippen LogP contribution in [0.4, 0.5) is 11.5 Å². The van der Waals surface area contributed by atoms with Gasteiger partial charge in [-0.3, -0.25) is 5.10 Å². The number of para-hydroxylation sites is 1. The lowest BCUT2D eigenvalue weighted by Gasteiger charge is -2.14. The lowest BCUT2D eigenvalue weighted by Crippen LogP contribution is -2.00. The average molecular weight is 253 g/mol. The van der Waals surface area contributed by atoms with E-state index in [1.165, 1.54) is 11.9 Å². The van der Waals surface area contributed by atoms with E-state index >= 15 is 0 Å². The molecular formula is C14H15N5. The van der Waals surface area contributed by atoms with Gasteiger partial charge in [-0.1, -0.05) is 32.0 Å². The quantitative estimate of drug-likeness (QED) is 0.752. The zero-order valence-electron chi connectivity index (χ0n) is 10.9. The van der Waals surface area contributed by atoms with Gasteiger partial charge in [-0.2, -0.15) is 5.10 Å². The Hall–Kier alpha value is -2.43. The second-order valence-electron chi connectivity index (χ2n) is 4.72. The summed E-state index contributed by atoms with van der Waals surface area (Å²) >= 11 is 0. The number of aromatic amines is 1. The molecular weight excluding hydrogens is 238 g/mol. The van der Waals surface area contributed by atoms with Gasteiger partial charge in [0.25, 0.3) is 0 Å². The van der Waals surface area contributed by atoms with Crippen molar-refractivity contribution in [2.24, 2.45) is 0 Å². The van der Waals surface area contributed by atoms with Crippen molar-refractivity contribution in [3.05, 3.63) is 42.4 Å². The molecule has 0 amide bonds. The summed E-state index contributed by atoms with van der Waals surface area (Å²) in [7, 11) is 0. The number of hydrogen-bond donors (Lipinski definition) is 2. The number of hydrogen-bond acceptors (Lipinski definition) is 4. The van der Waals surface area contributed by atoms with E-state index in [0.717, 1.165) is 22.5 Å². The molecule has 0 unspecified atom stereocenters. The first-order valence-electron chi connectivity index (χ1n) is 6.25. The smallest absolute Gasteiger partial charge is 0.160 e. The summed E-state index contributed by atoms with van der Waals surface area (Å²) in [6, 6.07) is 8.25. The van der Waals surface area contributed by atoms with E-state index in [2.05, 4.69) is 51.5 Å². The highest BCUT2D eigenvalue weighted by atomic mass is 15.2. The molecule has 0 radical (unpaired) electrons. The number of H-pyrrole nitrogens is 1. The Bertz CT molecular complexity index is 702. The fourth-order valence-corrected chi connectivity index (χ4v) is 2.11. The summed E-state index contributed by atoms with van der Waals surface area (Å²) in [5, 5.41) is 11.1. The molecule has 19 heavy (non-hydrogen) atoms. The van der Waals surface area contributed by atoms with Crippen LogP contribution in [0.1, 0.15) is 25.3 Å². The zero-order chi connectivity index (χ0) is 13.2. The predicted octanol–water partition coefficient (Wildman–Crippen LogP) is 3.22. The van der Waals surface area contributed by atoms with Crippen LogP contribution in [0.25, 0.3) is 11.0 Å². The Balaban J connectivity index is 2.04. The van der Waals surface area contributed by atoms with Gasteiger partial charge in [-0.25, -0.2) is 9.97 Å². The largest absolute Gasteiger partial charge is 0.339 e. The predicted molar refractivity (Wildman–Crippen MR) is 75.5 cm³/mol. The van der Waals surface area contributed by atoms with Crippen LogP contribution in [-0.2, 0) is 0 Å². The maximum absolute atomic E-state index is 4.29. The first-order valence-corrected chi connectivity index (χ1v) is 6.25. The normalized spacial score (nSPS) is 11.1. The number of anilines is 2. The van der Waals surface area contributed by atoms with Crippen molar-refractivity contribution in [3.8, 4) is 0 Å².